The number of rotatable bonds is 5. The number of sulfonamides is 1. The maximum atomic E-state index is 12.5. The summed E-state index contributed by atoms with van der Waals surface area (Å²) in [7, 11) is -8.80. The van der Waals surface area contributed by atoms with E-state index >= 15 is 0 Å². The molecule has 0 saturated carbocycles. The van der Waals surface area contributed by atoms with Crippen molar-refractivity contribution < 1.29 is 35.4 Å². The van der Waals surface area contributed by atoms with E-state index in [1.165, 1.54) is 22.9 Å². The van der Waals surface area contributed by atoms with Crippen LogP contribution in [0.2, 0.25) is 0 Å². The highest BCUT2D eigenvalue weighted by Gasteiger charge is 2.46. The largest absolute Gasteiger partial charge is 0.516 e. The van der Waals surface area contributed by atoms with Gasteiger partial charge in [-0.3, -0.25) is 13.8 Å². The summed E-state index contributed by atoms with van der Waals surface area (Å²) >= 11 is 0. The van der Waals surface area contributed by atoms with Gasteiger partial charge in [-0.05, 0) is 31.2 Å². The molecule has 1 aliphatic heterocycles. The number of alkyl halides is 3. The normalized spacial score (nSPS) is 17.4. The Bertz CT molecular complexity index is 1020. The molecule has 8 nitrogen and oxygen atoms in total. The van der Waals surface area contributed by atoms with Crippen molar-refractivity contribution >= 4 is 32.2 Å². The number of ether oxygens (including phenoxy) is 1. The lowest BCUT2D eigenvalue weighted by atomic mass is 10.2. The zero-order valence-corrected chi connectivity index (χ0v) is 16.6. The number of benzene rings is 2. The van der Waals surface area contributed by atoms with Crippen LogP contribution in [0.4, 0.5) is 24.5 Å². The fourth-order valence-corrected chi connectivity index (χ4v) is 4.45. The Morgan fingerprint density at radius 1 is 1.21 bits per heavy atom. The molecule has 0 unspecified atom stereocenters. The average Bonchev–Trinajstić information content (AvgIpc) is 2.61. The van der Waals surface area contributed by atoms with E-state index in [0.717, 1.165) is 12.1 Å². The molecule has 0 aromatic heterocycles. The standard InChI is InChI=1S/C16H18F3N3O5S2/c1-2-22-10-20-28(23,24)15-9-13(6-7-14(15)22)27-12-5-3-4-11(8-12)21-29(25,26)16(17,18)19/h3-9,20-21,23-24H,2,10H2,1H3. The van der Waals surface area contributed by atoms with Gasteiger partial charge in [0.2, 0.25) is 0 Å². The third kappa shape index (κ3) is 4.53. The molecule has 3 rings (SSSR count). The summed E-state index contributed by atoms with van der Waals surface area (Å²) in [6.45, 7) is 2.78. The smallest absolute Gasteiger partial charge is 0.457 e. The van der Waals surface area contributed by atoms with Crippen molar-refractivity contribution in [2.45, 2.75) is 17.3 Å². The van der Waals surface area contributed by atoms with Gasteiger partial charge in [0.25, 0.3) is 0 Å². The molecule has 2 aromatic rings. The minimum Gasteiger partial charge on any atom is -0.457 e. The Hall–Kier alpha value is -2.19. The molecular formula is C16H18F3N3O5S2. The molecule has 1 heterocycles. The minimum absolute atomic E-state index is 0.0555. The first kappa shape index (κ1) is 21.5. The van der Waals surface area contributed by atoms with Crippen LogP contribution in [0.5, 0.6) is 11.5 Å². The molecule has 0 bridgehead atoms. The molecule has 1 aliphatic rings. The predicted molar refractivity (Wildman–Crippen MR) is 104 cm³/mol. The van der Waals surface area contributed by atoms with Crippen LogP contribution in [-0.4, -0.2) is 36.2 Å². The van der Waals surface area contributed by atoms with Gasteiger partial charge in [0.15, 0.2) is 0 Å². The van der Waals surface area contributed by atoms with E-state index in [4.69, 9.17) is 4.74 Å². The van der Waals surface area contributed by atoms with Crippen molar-refractivity contribution in [1.29, 1.82) is 0 Å². The van der Waals surface area contributed by atoms with Gasteiger partial charge in [-0.25, -0.2) is 0 Å². The molecule has 0 spiro atoms. The Morgan fingerprint density at radius 3 is 2.55 bits per heavy atom. The molecule has 0 amide bonds. The highest BCUT2D eigenvalue weighted by molar-refractivity contribution is 8.22. The summed E-state index contributed by atoms with van der Waals surface area (Å²) < 4.78 is 90.2. The monoisotopic (exact) mass is 453 g/mol. The van der Waals surface area contributed by atoms with Crippen molar-refractivity contribution in [3.05, 3.63) is 42.5 Å². The van der Waals surface area contributed by atoms with Crippen LogP contribution in [-0.2, 0) is 10.0 Å². The minimum atomic E-state index is -5.56. The highest BCUT2D eigenvalue weighted by atomic mass is 32.3. The lowest BCUT2D eigenvalue weighted by molar-refractivity contribution is -0.0429. The van der Waals surface area contributed by atoms with E-state index in [9.17, 15) is 30.7 Å². The molecule has 160 valence electrons. The number of hydrogen-bond donors (Lipinski definition) is 4. The SMILES string of the molecule is CCN1CNS(O)(O)c2cc(Oc3cccc(NS(=O)(=O)C(F)(F)F)c3)ccc21. The molecular weight excluding hydrogens is 435 g/mol. The Balaban J connectivity index is 1.86. The molecule has 2 aromatic carbocycles. The van der Waals surface area contributed by atoms with Gasteiger partial charge in [0, 0.05) is 18.7 Å². The van der Waals surface area contributed by atoms with Crippen LogP contribution in [0.15, 0.2) is 47.4 Å². The molecule has 0 atom stereocenters. The fourth-order valence-electron chi connectivity index (χ4n) is 2.63. The van der Waals surface area contributed by atoms with E-state index in [-0.39, 0.29) is 28.8 Å². The van der Waals surface area contributed by atoms with Gasteiger partial charge in [0.1, 0.15) is 16.4 Å². The van der Waals surface area contributed by atoms with E-state index < -0.39 is 26.3 Å². The van der Waals surface area contributed by atoms with Gasteiger partial charge in [-0.15, -0.1) is 10.8 Å². The Morgan fingerprint density at radius 2 is 1.90 bits per heavy atom. The average molecular weight is 453 g/mol. The van der Waals surface area contributed by atoms with Crippen molar-refractivity contribution in [1.82, 2.24) is 4.72 Å². The zero-order valence-electron chi connectivity index (χ0n) is 15.0. The number of anilines is 2. The molecule has 0 aliphatic carbocycles. The van der Waals surface area contributed by atoms with E-state index in [1.54, 1.807) is 12.1 Å². The van der Waals surface area contributed by atoms with Crippen LogP contribution in [0.25, 0.3) is 0 Å². The number of halogens is 3. The van der Waals surface area contributed by atoms with Crippen molar-refractivity contribution in [3.8, 4) is 11.5 Å². The van der Waals surface area contributed by atoms with Crippen LogP contribution < -0.4 is 19.1 Å². The Kier molecular flexibility index (Phi) is 5.62. The number of fused-ring (bicyclic) bond motifs is 1. The van der Waals surface area contributed by atoms with Gasteiger partial charge < -0.3 is 9.64 Å². The second-order valence-electron chi connectivity index (χ2n) is 6.02. The molecule has 0 fully saturated rings. The van der Waals surface area contributed by atoms with Gasteiger partial charge in [-0.2, -0.15) is 26.3 Å². The van der Waals surface area contributed by atoms with E-state index in [1.807, 2.05) is 11.8 Å². The van der Waals surface area contributed by atoms with Crippen LogP contribution in [0.3, 0.4) is 0 Å². The van der Waals surface area contributed by atoms with Gasteiger partial charge in [-0.1, -0.05) is 6.07 Å². The van der Waals surface area contributed by atoms with Crippen molar-refractivity contribution in [2.75, 3.05) is 22.8 Å². The first-order chi connectivity index (χ1) is 13.4. The lowest BCUT2D eigenvalue weighted by Crippen LogP contribution is -2.40. The Labute approximate surface area is 166 Å². The second kappa shape index (κ2) is 7.57. The summed E-state index contributed by atoms with van der Waals surface area (Å²) in [5, 5.41) is 0. The van der Waals surface area contributed by atoms with Crippen LogP contribution >= 0.6 is 10.8 Å². The maximum absolute atomic E-state index is 12.5. The van der Waals surface area contributed by atoms with Crippen LogP contribution in [0.1, 0.15) is 6.92 Å². The van der Waals surface area contributed by atoms with Crippen molar-refractivity contribution in [3.63, 3.8) is 0 Å². The van der Waals surface area contributed by atoms with Crippen molar-refractivity contribution in [2.24, 2.45) is 0 Å². The molecule has 0 radical (unpaired) electrons. The fraction of sp³-hybridized carbons (Fsp3) is 0.250. The number of nitrogens with one attached hydrogen (secondary N) is 2. The van der Waals surface area contributed by atoms with Crippen LogP contribution in [0, 0.1) is 0 Å². The third-order valence-corrected chi connectivity index (χ3v) is 6.63. The summed E-state index contributed by atoms with van der Waals surface area (Å²) in [5.74, 6) is 0.249. The zero-order chi connectivity index (χ0) is 21.4. The molecule has 13 heteroatoms. The number of hydrogen-bond acceptors (Lipinski definition) is 7. The molecule has 0 saturated heterocycles. The number of nitrogens with zero attached hydrogens (tertiary/aromatic N) is 1. The molecule has 4 N–H and O–H groups in total. The maximum Gasteiger partial charge on any atom is 0.516 e. The second-order valence-corrected chi connectivity index (χ2v) is 9.52. The first-order valence-corrected chi connectivity index (χ1v) is 11.2. The topological polar surface area (TPSA) is 111 Å². The highest BCUT2D eigenvalue weighted by Crippen LogP contribution is 2.52. The first-order valence-electron chi connectivity index (χ1n) is 8.22. The summed E-state index contributed by atoms with van der Waals surface area (Å²) in [4.78, 5) is 2.10. The summed E-state index contributed by atoms with van der Waals surface area (Å²) in [6, 6.07) is 9.57. The summed E-state index contributed by atoms with van der Waals surface area (Å²) in [6.07, 6.45) is 0. The predicted octanol–water partition coefficient (Wildman–Crippen LogP) is 4.15. The lowest BCUT2D eigenvalue weighted by Gasteiger charge is -2.43. The third-order valence-electron chi connectivity index (χ3n) is 4.04. The van der Waals surface area contributed by atoms with E-state index in [0.29, 0.717) is 12.2 Å². The summed E-state index contributed by atoms with van der Waals surface area (Å²) in [5.41, 5.74) is -5.17. The molecule has 29 heavy (non-hydrogen) atoms. The van der Waals surface area contributed by atoms with Gasteiger partial charge >= 0.3 is 15.5 Å². The quantitative estimate of drug-likeness (QED) is 0.538. The van der Waals surface area contributed by atoms with E-state index in [2.05, 4.69) is 4.72 Å². The van der Waals surface area contributed by atoms with Gasteiger partial charge in [0.05, 0.1) is 18.0 Å².